The molecular formula is C17H14N2O3. The zero-order valence-electron chi connectivity index (χ0n) is 11.9. The minimum Gasteiger partial charge on any atom is -0.457 e. The number of nitrogens with one attached hydrogen (secondary N) is 1. The number of nitrogens with two attached hydrogens (primary N) is 1. The van der Waals surface area contributed by atoms with Crippen LogP contribution >= 0.6 is 0 Å². The molecule has 110 valence electrons. The smallest absolute Gasteiger partial charge is 0.300 e. The van der Waals surface area contributed by atoms with Gasteiger partial charge < -0.3 is 15.8 Å². The van der Waals surface area contributed by atoms with E-state index >= 15 is 0 Å². The van der Waals surface area contributed by atoms with Crippen LogP contribution in [-0.2, 0) is 4.79 Å². The van der Waals surface area contributed by atoms with E-state index in [-0.39, 0.29) is 5.91 Å². The SMILES string of the molecule is CC#CC(=O)Nc1ccc(Oc2cccc(C(N)=O)c2)cc1. The van der Waals surface area contributed by atoms with Crippen LogP contribution in [0, 0.1) is 11.8 Å². The number of anilines is 1. The summed E-state index contributed by atoms with van der Waals surface area (Å²) >= 11 is 0. The molecule has 0 aliphatic rings. The van der Waals surface area contributed by atoms with Gasteiger partial charge in [-0.2, -0.15) is 0 Å². The predicted octanol–water partition coefficient (Wildman–Crippen LogP) is 2.54. The Morgan fingerprint density at radius 3 is 2.45 bits per heavy atom. The topological polar surface area (TPSA) is 81.4 Å². The largest absolute Gasteiger partial charge is 0.457 e. The summed E-state index contributed by atoms with van der Waals surface area (Å²) in [6, 6.07) is 13.4. The van der Waals surface area contributed by atoms with E-state index in [1.165, 1.54) is 0 Å². The monoisotopic (exact) mass is 294 g/mol. The zero-order valence-corrected chi connectivity index (χ0v) is 11.9. The molecule has 22 heavy (non-hydrogen) atoms. The number of carbonyl (C=O) groups excluding carboxylic acids is 2. The van der Waals surface area contributed by atoms with Crippen molar-refractivity contribution in [2.45, 2.75) is 6.92 Å². The van der Waals surface area contributed by atoms with Crippen molar-refractivity contribution < 1.29 is 14.3 Å². The molecule has 2 aromatic carbocycles. The van der Waals surface area contributed by atoms with Gasteiger partial charge in [0.05, 0.1) is 0 Å². The second-order valence-corrected chi connectivity index (χ2v) is 4.35. The van der Waals surface area contributed by atoms with Crippen LogP contribution in [0.25, 0.3) is 0 Å². The Kier molecular flexibility index (Phi) is 4.78. The summed E-state index contributed by atoms with van der Waals surface area (Å²) < 4.78 is 5.63. The molecule has 0 fully saturated rings. The second-order valence-electron chi connectivity index (χ2n) is 4.35. The van der Waals surface area contributed by atoms with Crippen molar-refractivity contribution in [3.05, 3.63) is 54.1 Å². The van der Waals surface area contributed by atoms with Crippen molar-refractivity contribution in [3.8, 4) is 23.3 Å². The Morgan fingerprint density at radius 2 is 1.82 bits per heavy atom. The quantitative estimate of drug-likeness (QED) is 0.850. The molecular weight excluding hydrogens is 280 g/mol. The average molecular weight is 294 g/mol. The first kappa shape index (κ1) is 15.1. The van der Waals surface area contributed by atoms with Crippen molar-refractivity contribution >= 4 is 17.5 Å². The zero-order chi connectivity index (χ0) is 15.9. The fourth-order valence-electron chi connectivity index (χ4n) is 1.73. The van der Waals surface area contributed by atoms with E-state index in [9.17, 15) is 9.59 Å². The molecule has 0 atom stereocenters. The fourth-order valence-corrected chi connectivity index (χ4v) is 1.73. The fraction of sp³-hybridized carbons (Fsp3) is 0.0588. The molecule has 3 N–H and O–H groups in total. The van der Waals surface area contributed by atoms with Gasteiger partial charge in [0.2, 0.25) is 5.91 Å². The number of rotatable bonds is 4. The maximum Gasteiger partial charge on any atom is 0.300 e. The molecule has 0 aliphatic heterocycles. The minimum absolute atomic E-state index is 0.370. The molecule has 0 unspecified atom stereocenters. The summed E-state index contributed by atoms with van der Waals surface area (Å²) in [5, 5.41) is 2.63. The van der Waals surface area contributed by atoms with E-state index in [1.54, 1.807) is 55.5 Å². The molecule has 0 heterocycles. The maximum absolute atomic E-state index is 11.3. The molecule has 2 aromatic rings. The van der Waals surface area contributed by atoms with Crippen LogP contribution in [0.4, 0.5) is 5.69 Å². The number of hydrogen-bond acceptors (Lipinski definition) is 3. The lowest BCUT2D eigenvalue weighted by atomic mass is 10.2. The van der Waals surface area contributed by atoms with Crippen LogP contribution in [0.2, 0.25) is 0 Å². The van der Waals surface area contributed by atoms with Gasteiger partial charge in [0.15, 0.2) is 0 Å². The third kappa shape index (κ3) is 4.12. The summed E-state index contributed by atoms with van der Waals surface area (Å²) in [5.41, 5.74) is 6.21. The van der Waals surface area contributed by atoms with Gasteiger partial charge in [0, 0.05) is 11.3 Å². The van der Waals surface area contributed by atoms with Crippen LogP contribution in [0.1, 0.15) is 17.3 Å². The number of hydrogen-bond donors (Lipinski definition) is 2. The Balaban J connectivity index is 2.07. The van der Waals surface area contributed by atoms with Gasteiger partial charge in [-0.15, -0.1) is 0 Å². The number of carbonyl (C=O) groups is 2. The predicted molar refractivity (Wildman–Crippen MR) is 83.6 cm³/mol. The minimum atomic E-state index is -0.513. The van der Waals surface area contributed by atoms with E-state index < -0.39 is 5.91 Å². The van der Waals surface area contributed by atoms with E-state index in [1.807, 2.05) is 0 Å². The van der Waals surface area contributed by atoms with Gasteiger partial charge in [-0.25, -0.2) is 0 Å². The van der Waals surface area contributed by atoms with Crippen molar-refractivity contribution in [2.75, 3.05) is 5.32 Å². The van der Waals surface area contributed by atoms with Gasteiger partial charge in [-0.1, -0.05) is 12.0 Å². The normalized spacial score (nSPS) is 9.32. The van der Waals surface area contributed by atoms with Crippen LogP contribution in [0.15, 0.2) is 48.5 Å². The Bertz CT molecular complexity index is 755. The van der Waals surface area contributed by atoms with E-state index in [4.69, 9.17) is 10.5 Å². The summed E-state index contributed by atoms with van der Waals surface area (Å²) in [6.45, 7) is 1.59. The number of benzene rings is 2. The average Bonchev–Trinajstić information content (AvgIpc) is 2.50. The summed E-state index contributed by atoms with van der Waals surface area (Å²) in [5.74, 6) is 5.10. The lowest BCUT2D eigenvalue weighted by Crippen LogP contribution is -2.10. The number of amides is 2. The summed E-state index contributed by atoms with van der Waals surface area (Å²) in [4.78, 5) is 22.5. The lowest BCUT2D eigenvalue weighted by molar-refractivity contribution is -0.111. The van der Waals surface area contributed by atoms with Gasteiger partial charge in [-0.3, -0.25) is 9.59 Å². The molecule has 0 radical (unpaired) electrons. The van der Waals surface area contributed by atoms with E-state index in [2.05, 4.69) is 17.2 Å². The van der Waals surface area contributed by atoms with Crippen LogP contribution < -0.4 is 15.8 Å². The van der Waals surface area contributed by atoms with Gasteiger partial charge >= 0.3 is 0 Å². The highest BCUT2D eigenvalue weighted by Crippen LogP contribution is 2.23. The third-order valence-corrected chi connectivity index (χ3v) is 2.70. The highest BCUT2D eigenvalue weighted by molar-refractivity contribution is 6.03. The molecule has 0 spiro atoms. The summed E-state index contributed by atoms with van der Waals surface area (Å²) in [7, 11) is 0. The highest BCUT2D eigenvalue weighted by atomic mass is 16.5. The molecule has 2 amide bonds. The number of ether oxygens (including phenoxy) is 1. The molecule has 5 nitrogen and oxygen atoms in total. The van der Waals surface area contributed by atoms with Gasteiger partial charge in [-0.05, 0) is 55.3 Å². The van der Waals surface area contributed by atoms with Crippen LogP contribution in [0.3, 0.4) is 0 Å². The Hall–Kier alpha value is -3.26. The maximum atomic E-state index is 11.3. The van der Waals surface area contributed by atoms with Crippen molar-refractivity contribution in [3.63, 3.8) is 0 Å². The van der Waals surface area contributed by atoms with E-state index in [0.717, 1.165) is 0 Å². The molecule has 0 saturated heterocycles. The first-order chi connectivity index (χ1) is 10.6. The molecule has 2 rings (SSSR count). The van der Waals surface area contributed by atoms with E-state index in [0.29, 0.717) is 22.7 Å². The molecule has 0 aromatic heterocycles. The lowest BCUT2D eigenvalue weighted by Gasteiger charge is -2.07. The van der Waals surface area contributed by atoms with Crippen molar-refractivity contribution in [2.24, 2.45) is 5.73 Å². The molecule has 5 heteroatoms. The highest BCUT2D eigenvalue weighted by Gasteiger charge is 2.04. The standard InChI is InChI=1S/C17H14N2O3/c1-2-4-16(20)19-13-7-9-14(10-8-13)22-15-6-3-5-12(11-15)17(18)21/h3,5-11H,1H3,(H2,18,21)(H,19,20). The van der Waals surface area contributed by atoms with Gasteiger partial charge in [0.1, 0.15) is 11.5 Å². The third-order valence-electron chi connectivity index (χ3n) is 2.70. The Labute approximate surface area is 128 Å². The van der Waals surface area contributed by atoms with Crippen molar-refractivity contribution in [1.29, 1.82) is 0 Å². The van der Waals surface area contributed by atoms with Crippen LogP contribution in [-0.4, -0.2) is 11.8 Å². The molecule has 0 aliphatic carbocycles. The Morgan fingerprint density at radius 1 is 1.09 bits per heavy atom. The first-order valence-corrected chi connectivity index (χ1v) is 6.50. The first-order valence-electron chi connectivity index (χ1n) is 6.50. The van der Waals surface area contributed by atoms with Gasteiger partial charge in [0.25, 0.3) is 5.91 Å². The number of primary amides is 1. The van der Waals surface area contributed by atoms with Crippen LogP contribution in [0.5, 0.6) is 11.5 Å². The summed E-state index contributed by atoms with van der Waals surface area (Å²) in [6.07, 6.45) is 0. The molecule has 0 bridgehead atoms. The molecule has 0 saturated carbocycles. The van der Waals surface area contributed by atoms with Crippen molar-refractivity contribution in [1.82, 2.24) is 0 Å². The second kappa shape index (κ2) is 6.95.